The first kappa shape index (κ1) is 15.4. The first-order valence-electron chi connectivity index (χ1n) is 7.39. The van der Waals surface area contributed by atoms with Crippen molar-refractivity contribution >= 4 is 6.08 Å². The van der Waals surface area contributed by atoms with Gasteiger partial charge >= 0.3 is 0 Å². The van der Waals surface area contributed by atoms with Crippen molar-refractivity contribution in [2.75, 3.05) is 0 Å². The predicted octanol–water partition coefficient (Wildman–Crippen LogP) is 5.50. The highest BCUT2D eigenvalue weighted by Gasteiger charge is 2.11. The monoisotopic (exact) mass is 280 g/mol. The van der Waals surface area contributed by atoms with Crippen molar-refractivity contribution in [2.24, 2.45) is 5.41 Å². The van der Waals surface area contributed by atoms with Crippen LogP contribution in [-0.4, -0.2) is 0 Å². The summed E-state index contributed by atoms with van der Waals surface area (Å²) >= 11 is 0. The van der Waals surface area contributed by atoms with Gasteiger partial charge in [0.05, 0.1) is 0 Å². The molecule has 21 heavy (non-hydrogen) atoms. The van der Waals surface area contributed by atoms with Gasteiger partial charge in [0.25, 0.3) is 0 Å². The first-order chi connectivity index (χ1) is 9.96. The summed E-state index contributed by atoms with van der Waals surface area (Å²) in [7, 11) is 0. The van der Waals surface area contributed by atoms with E-state index in [1.165, 1.54) is 11.1 Å². The van der Waals surface area contributed by atoms with Crippen LogP contribution >= 0.6 is 0 Å². The molecule has 2 aromatic carbocycles. The molecule has 0 aliphatic carbocycles. The average Bonchev–Trinajstić information content (AvgIpc) is 2.44. The molecule has 0 saturated heterocycles. The van der Waals surface area contributed by atoms with Crippen molar-refractivity contribution in [1.29, 1.82) is 0 Å². The Morgan fingerprint density at radius 3 is 2.29 bits per heavy atom. The van der Waals surface area contributed by atoms with E-state index in [9.17, 15) is 0 Å². The molecule has 0 heterocycles. The fourth-order valence-corrected chi connectivity index (χ4v) is 2.31. The van der Waals surface area contributed by atoms with Crippen LogP contribution in [0.25, 0.3) is 6.08 Å². The molecule has 0 aromatic heterocycles. The van der Waals surface area contributed by atoms with Gasteiger partial charge in [-0.1, -0.05) is 69.8 Å². The standard InChI is InChI=1S/C20H24O/c1-5-16-9-11-19(12-10-16)21-15-18-8-6-7-17(13-18)14-20(2,3)4/h5-13H,1,14-15H2,2-4H3. The Labute approximate surface area is 128 Å². The molecule has 0 amide bonds. The lowest BCUT2D eigenvalue weighted by Crippen LogP contribution is -2.09. The molecule has 110 valence electrons. The summed E-state index contributed by atoms with van der Waals surface area (Å²) < 4.78 is 5.84. The van der Waals surface area contributed by atoms with Gasteiger partial charge in [0.15, 0.2) is 0 Å². The second-order valence-corrected chi connectivity index (χ2v) is 6.62. The molecule has 0 atom stereocenters. The molecule has 0 radical (unpaired) electrons. The number of hydrogen-bond donors (Lipinski definition) is 0. The Morgan fingerprint density at radius 2 is 1.67 bits per heavy atom. The Morgan fingerprint density at radius 1 is 1.00 bits per heavy atom. The largest absolute Gasteiger partial charge is 0.489 e. The van der Waals surface area contributed by atoms with Gasteiger partial charge in [0.2, 0.25) is 0 Å². The van der Waals surface area contributed by atoms with Gasteiger partial charge in [-0.15, -0.1) is 0 Å². The van der Waals surface area contributed by atoms with Crippen molar-refractivity contribution < 1.29 is 4.74 Å². The molecule has 2 rings (SSSR count). The zero-order valence-corrected chi connectivity index (χ0v) is 13.2. The highest BCUT2D eigenvalue weighted by Crippen LogP contribution is 2.21. The van der Waals surface area contributed by atoms with Gasteiger partial charge in [0, 0.05) is 0 Å². The van der Waals surface area contributed by atoms with Crippen molar-refractivity contribution in [3.05, 3.63) is 71.8 Å². The van der Waals surface area contributed by atoms with E-state index in [-0.39, 0.29) is 0 Å². The van der Waals surface area contributed by atoms with Crippen molar-refractivity contribution in [1.82, 2.24) is 0 Å². The summed E-state index contributed by atoms with van der Waals surface area (Å²) in [5.74, 6) is 0.891. The summed E-state index contributed by atoms with van der Waals surface area (Å²) in [5, 5.41) is 0. The molecular weight excluding hydrogens is 256 g/mol. The molecule has 2 aromatic rings. The SMILES string of the molecule is C=Cc1ccc(OCc2cccc(CC(C)(C)C)c2)cc1. The minimum absolute atomic E-state index is 0.306. The zero-order chi connectivity index (χ0) is 15.3. The lowest BCUT2D eigenvalue weighted by Gasteiger charge is -2.18. The Hall–Kier alpha value is -2.02. The molecule has 0 unspecified atom stereocenters. The summed E-state index contributed by atoms with van der Waals surface area (Å²) in [6.07, 6.45) is 2.91. The third-order valence-corrected chi connectivity index (χ3v) is 3.25. The third kappa shape index (κ3) is 5.11. The van der Waals surface area contributed by atoms with Crippen LogP contribution in [0, 0.1) is 5.41 Å². The quantitative estimate of drug-likeness (QED) is 0.703. The van der Waals surface area contributed by atoms with Crippen LogP contribution in [0.2, 0.25) is 0 Å². The van der Waals surface area contributed by atoms with Crippen LogP contribution < -0.4 is 4.74 Å². The highest BCUT2D eigenvalue weighted by atomic mass is 16.5. The van der Waals surface area contributed by atoms with Crippen molar-refractivity contribution in [3.63, 3.8) is 0 Å². The van der Waals surface area contributed by atoms with E-state index in [1.54, 1.807) is 0 Å². The van der Waals surface area contributed by atoms with E-state index >= 15 is 0 Å². The lowest BCUT2D eigenvalue weighted by atomic mass is 9.88. The van der Waals surface area contributed by atoms with Gasteiger partial charge in [-0.25, -0.2) is 0 Å². The number of benzene rings is 2. The molecule has 0 bridgehead atoms. The van der Waals surface area contributed by atoms with E-state index in [1.807, 2.05) is 30.3 Å². The van der Waals surface area contributed by atoms with Gasteiger partial charge < -0.3 is 4.74 Å². The van der Waals surface area contributed by atoms with Crippen LogP contribution in [0.1, 0.15) is 37.5 Å². The molecule has 0 fully saturated rings. The summed E-state index contributed by atoms with van der Waals surface area (Å²) in [6.45, 7) is 11.1. The third-order valence-electron chi connectivity index (χ3n) is 3.25. The second kappa shape index (κ2) is 6.62. The van der Waals surface area contributed by atoms with Crippen molar-refractivity contribution in [3.8, 4) is 5.75 Å². The highest BCUT2D eigenvalue weighted by molar-refractivity contribution is 5.48. The smallest absolute Gasteiger partial charge is 0.119 e. The Balaban J connectivity index is 1.99. The number of ether oxygens (including phenoxy) is 1. The summed E-state index contributed by atoms with van der Waals surface area (Å²) in [6, 6.07) is 16.6. The number of rotatable bonds is 5. The van der Waals surface area contributed by atoms with Crippen LogP contribution in [0.4, 0.5) is 0 Å². The molecule has 0 aliphatic heterocycles. The lowest BCUT2D eigenvalue weighted by molar-refractivity contribution is 0.306. The Bertz CT molecular complexity index is 588. The summed E-state index contributed by atoms with van der Waals surface area (Å²) in [4.78, 5) is 0. The minimum atomic E-state index is 0.306. The molecule has 0 spiro atoms. The van der Waals surface area contributed by atoms with Gasteiger partial charge in [-0.05, 0) is 40.7 Å². The van der Waals surface area contributed by atoms with E-state index in [4.69, 9.17) is 4.74 Å². The maximum absolute atomic E-state index is 5.84. The van der Waals surface area contributed by atoms with Crippen LogP contribution in [0.5, 0.6) is 5.75 Å². The van der Waals surface area contributed by atoms with E-state index in [0.29, 0.717) is 12.0 Å². The molecular formula is C20H24O. The normalized spacial score (nSPS) is 11.2. The minimum Gasteiger partial charge on any atom is -0.489 e. The van der Waals surface area contributed by atoms with E-state index in [2.05, 4.69) is 51.6 Å². The molecule has 0 aliphatic rings. The van der Waals surface area contributed by atoms with Crippen LogP contribution in [0.3, 0.4) is 0 Å². The van der Waals surface area contributed by atoms with Crippen LogP contribution in [-0.2, 0) is 13.0 Å². The van der Waals surface area contributed by atoms with Gasteiger partial charge in [-0.2, -0.15) is 0 Å². The fraction of sp³-hybridized carbons (Fsp3) is 0.300. The second-order valence-electron chi connectivity index (χ2n) is 6.62. The van der Waals surface area contributed by atoms with Gasteiger partial charge in [-0.3, -0.25) is 0 Å². The fourth-order valence-electron chi connectivity index (χ4n) is 2.31. The maximum Gasteiger partial charge on any atom is 0.119 e. The zero-order valence-electron chi connectivity index (χ0n) is 13.2. The topological polar surface area (TPSA) is 9.23 Å². The number of hydrogen-bond acceptors (Lipinski definition) is 1. The summed E-state index contributed by atoms with van der Waals surface area (Å²) in [5.41, 5.74) is 3.99. The molecule has 0 N–H and O–H groups in total. The van der Waals surface area contributed by atoms with Crippen molar-refractivity contribution in [2.45, 2.75) is 33.8 Å². The molecule has 1 heteroatoms. The van der Waals surface area contributed by atoms with Gasteiger partial charge in [0.1, 0.15) is 12.4 Å². The first-order valence-corrected chi connectivity index (χ1v) is 7.39. The molecule has 1 nitrogen and oxygen atoms in total. The van der Waals surface area contributed by atoms with E-state index in [0.717, 1.165) is 17.7 Å². The Kier molecular flexibility index (Phi) is 4.85. The van der Waals surface area contributed by atoms with Crippen LogP contribution in [0.15, 0.2) is 55.1 Å². The molecule has 0 saturated carbocycles. The maximum atomic E-state index is 5.84. The predicted molar refractivity (Wildman–Crippen MR) is 90.5 cm³/mol. The van der Waals surface area contributed by atoms with E-state index < -0.39 is 0 Å². The average molecular weight is 280 g/mol.